The molecule has 2 N–H and O–H groups in total. The normalized spacial score (nSPS) is 10.4. The van der Waals surface area contributed by atoms with Crippen molar-refractivity contribution in [1.82, 2.24) is 5.16 Å². The van der Waals surface area contributed by atoms with Crippen LogP contribution in [-0.2, 0) is 0 Å². The van der Waals surface area contributed by atoms with Crippen molar-refractivity contribution in [3.8, 4) is 11.1 Å². The van der Waals surface area contributed by atoms with E-state index >= 15 is 0 Å². The van der Waals surface area contributed by atoms with E-state index in [0.717, 1.165) is 11.1 Å². The molecule has 0 aliphatic heterocycles. The van der Waals surface area contributed by atoms with Gasteiger partial charge < -0.3 is 10.3 Å². The number of aromatic nitrogens is 1. The minimum atomic E-state index is 0.336. The lowest BCUT2D eigenvalue weighted by Crippen LogP contribution is -1.85. The summed E-state index contributed by atoms with van der Waals surface area (Å²) in [5, 5.41) is 3.74. The standard InChI is InChI=1S/C10H9BrN2O/c1-6-3-2-4-7(5-6)8-9(11)13-14-10(8)12/h2-5H,12H2,1H3. The van der Waals surface area contributed by atoms with E-state index in [4.69, 9.17) is 10.3 Å². The first-order valence-electron chi connectivity index (χ1n) is 4.16. The molecule has 0 bridgehead atoms. The molecule has 1 aromatic heterocycles. The van der Waals surface area contributed by atoms with Crippen molar-refractivity contribution >= 4 is 21.8 Å². The monoisotopic (exact) mass is 252 g/mol. The highest BCUT2D eigenvalue weighted by atomic mass is 79.9. The van der Waals surface area contributed by atoms with Gasteiger partial charge in [0.15, 0.2) is 4.60 Å². The summed E-state index contributed by atoms with van der Waals surface area (Å²) in [6.07, 6.45) is 0. The first-order chi connectivity index (χ1) is 6.68. The van der Waals surface area contributed by atoms with Gasteiger partial charge in [-0.05, 0) is 28.4 Å². The Morgan fingerprint density at radius 3 is 2.79 bits per heavy atom. The smallest absolute Gasteiger partial charge is 0.231 e. The van der Waals surface area contributed by atoms with Gasteiger partial charge in [-0.2, -0.15) is 0 Å². The third-order valence-electron chi connectivity index (χ3n) is 1.98. The van der Waals surface area contributed by atoms with E-state index in [1.54, 1.807) is 0 Å². The van der Waals surface area contributed by atoms with Crippen molar-refractivity contribution in [3.05, 3.63) is 34.4 Å². The average molecular weight is 253 g/mol. The largest absolute Gasteiger partial charge is 0.367 e. The van der Waals surface area contributed by atoms with Gasteiger partial charge in [-0.3, -0.25) is 0 Å². The Labute approximate surface area is 90.0 Å². The molecule has 2 aromatic rings. The highest BCUT2D eigenvalue weighted by Crippen LogP contribution is 2.33. The number of halogens is 1. The lowest BCUT2D eigenvalue weighted by Gasteiger charge is -1.99. The minimum Gasteiger partial charge on any atom is -0.367 e. The van der Waals surface area contributed by atoms with E-state index in [9.17, 15) is 0 Å². The van der Waals surface area contributed by atoms with Crippen LogP contribution in [0.25, 0.3) is 11.1 Å². The molecule has 0 fully saturated rings. The van der Waals surface area contributed by atoms with Crippen LogP contribution in [-0.4, -0.2) is 5.16 Å². The number of nitrogens with two attached hydrogens (primary N) is 1. The number of nitrogens with zero attached hydrogens (tertiary/aromatic N) is 1. The van der Waals surface area contributed by atoms with Crippen LogP contribution in [0.15, 0.2) is 33.4 Å². The molecule has 0 atom stereocenters. The summed E-state index contributed by atoms with van der Waals surface area (Å²) in [5.74, 6) is 0.336. The van der Waals surface area contributed by atoms with Gasteiger partial charge in [0.25, 0.3) is 0 Å². The van der Waals surface area contributed by atoms with Crippen LogP contribution in [0.5, 0.6) is 0 Å². The van der Waals surface area contributed by atoms with Gasteiger partial charge >= 0.3 is 0 Å². The highest BCUT2D eigenvalue weighted by molar-refractivity contribution is 9.10. The molecule has 0 saturated heterocycles. The maximum absolute atomic E-state index is 5.66. The van der Waals surface area contributed by atoms with Crippen LogP contribution < -0.4 is 5.73 Å². The lowest BCUT2D eigenvalue weighted by molar-refractivity contribution is 0.432. The highest BCUT2D eigenvalue weighted by Gasteiger charge is 2.12. The molecular formula is C10H9BrN2O. The Morgan fingerprint density at radius 1 is 1.43 bits per heavy atom. The molecule has 4 heteroatoms. The number of aryl methyl sites for hydroxylation is 1. The van der Waals surface area contributed by atoms with Crippen LogP contribution in [0.4, 0.5) is 5.88 Å². The lowest BCUT2D eigenvalue weighted by atomic mass is 10.1. The summed E-state index contributed by atoms with van der Waals surface area (Å²) in [6.45, 7) is 2.03. The van der Waals surface area contributed by atoms with Gasteiger partial charge in [-0.25, -0.2) is 0 Å². The van der Waals surface area contributed by atoms with Gasteiger partial charge in [0.1, 0.15) is 0 Å². The maximum atomic E-state index is 5.66. The van der Waals surface area contributed by atoms with Crippen molar-refractivity contribution in [3.63, 3.8) is 0 Å². The number of benzene rings is 1. The Balaban J connectivity index is 2.59. The molecule has 0 amide bonds. The number of anilines is 1. The van der Waals surface area contributed by atoms with Gasteiger partial charge in [0.05, 0.1) is 5.56 Å². The van der Waals surface area contributed by atoms with Gasteiger partial charge in [-0.1, -0.05) is 35.0 Å². The van der Waals surface area contributed by atoms with Crippen molar-refractivity contribution in [1.29, 1.82) is 0 Å². The fourth-order valence-corrected chi connectivity index (χ4v) is 1.84. The van der Waals surface area contributed by atoms with Crippen LogP contribution in [0.3, 0.4) is 0 Å². The zero-order chi connectivity index (χ0) is 10.1. The summed E-state index contributed by atoms with van der Waals surface area (Å²) in [7, 11) is 0. The van der Waals surface area contributed by atoms with Crippen molar-refractivity contribution < 1.29 is 4.52 Å². The van der Waals surface area contributed by atoms with E-state index in [1.165, 1.54) is 5.56 Å². The van der Waals surface area contributed by atoms with Crippen molar-refractivity contribution in [2.75, 3.05) is 5.73 Å². The zero-order valence-electron chi connectivity index (χ0n) is 7.62. The summed E-state index contributed by atoms with van der Waals surface area (Å²) < 4.78 is 5.51. The number of hydrogen-bond acceptors (Lipinski definition) is 3. The summed E-state index contributed by atoms with van der Waals surface area (Å²) in [5.41, 5.74) is 8.66. The molecule has 72 valence electrons. The van der Waals surface area contributed by atoms with Gasteiger partial charge in [0, 0.05) is 0 Å². The number of hydrogen-bond donors (Lipinski definition) is 1. The quantitative estimate of drug-likeness (QED) is 0.849. The summed E-state index contributed by atoms with van der Waals surface area (Å²) in [6, 6.07) is 8.01. The molecule has 0 radical (unpaired) electrons. The molecule has 14 heavy (non-hydrogen) atoms. The van der Waals surface area contributed by atoms with Crippen LogP contribution in [0, 0.1) is 6.92 Å². The van der Waals surface area contributed by atoms with Crippen LogP contribution >= 0.6 is 15.9 Å². The Bertz CT molecular complexity index is 445. The molecule has 2 rings (SSSR count). The third kappa shape index (κ3) is 1.53. The fraction of sp³-hybridized carbons (Fsp3) is 0.100. The first kappa shape index (κ1) is 9.27. The van der Waals surface area contributed by atoms with E-state index < -0.39 is 0 Å². The minimum absolute atomic E-state index is 0.336. The van der Waals surface area contributed by atoms with E-state index in [1.807, 2.05) is 31.2 Å². The number of nitrogen functional groups attached to an aromatic ring is 1. The molecular weight excluding hydrogens is 244 g/mol. The zero-order valence-corrected chi connectivity index (χ0v) is 9.21. The topological polar surface area (TPSA) is 52.0 Å². The fourth-order valence-electron chi connectivity index (χ4n) is 1.34. The number of rotatable bonds is 1. The summed E-state index contributed by atoms with van der Waals surface area (Å²) >= 11 is 3.29. The second-order valence-electron chi connectivity index (χ2n) is 3.08. The molecule has 0 saturated carbocycles. The molecule has 0 unspecified atom stereocenters. The van der Waals surface area contributed by atoms with Gasteiger partial charge in [-0.15, -0.1) is 0 Å². The SMILES string of the molecule is Cc1cccc(-c2c(Br)noc2N)c1. The second kappa shape index (κ2) is 3.46. The molecule has 0 aliphatic carbocycles. The molecule has 1 heterocycles. The third-order valence-corrected chi connectivity index (χ3v) is 2.52. The predicted molar refractivity (Wildman–Crippen MR) is 58.8 cm³/mol. The van der Waals surface area contributed by atoms with Crippen LogP contribution in [0.2, 0.25) is 0 Å². The van der Waals surface area contributed by atoms with Crippen molar-refractivity contribution in [2.45, 2.75) is 6.92 Å². The van der Waals surface area contributed by atoms with E-state index in [0.29, 0.717) is 10.5 Å². The predicted octanol–water partition coefficient (Wildman–Crippen LogP) is 2.99. The second-order valence-corrected chi connectivity index (χ2v) is 3.83. The Morgan fingerprint density at radius 2 is 2.21 bits per heavy atom. The molecule has 0 spiro atoms. The Kier molecular flexibility index (Phi) is 2.29. The molecule has 1 aromatic carbocycles. The van der Waals surface area contributed by atoms with E-state index in [2.05, 4.69) is 21.1 Å². The average Bonchev–Trinajstić information content (AvgIpc) is 2.46. The van der Waals surface area contributed by atoms with Gasteiger partial charge in [0.2, 0.25) is 5.88 Å². The molecule has 3 nitrogen and oxygen atoms in total. The van der Waals surface area contributed by atoms with Crippen molar-refractivity contribution in [2.24, 2.45) is 0 Å². The molecule has 0 aliphatic rings. The maximum Gasteiger partial charge on any atom is 0.231 e. The summed E-state index contributed by atoms with van der Waals surface area (Å²) in [4.78, 5) is 0. The first-order valence-corrected chi connectivity index (χ1v) is 4.95. The Hall–Kier alpha value is -1.29. The van der Waals surface area contributed by atoms with Crippen LogP contribution in [0.1, 0.15) is 5.56 Å². The van der Waals surface area contributed by atoms with E-state index in [-0.39, 0.29) is 0 Å².